The summed E-state index contributed by atoms with van der Waals surface area (Å²) in [6.07, 6.45) is 0.478. The average molecular weight is 410 g/mol. The number of aromatic nitrogens is 2. The summed E-state index contributed by atoms with van der Waals surface area (Å²) in [7, 11) is 0. The normalized spacial score (nSPS) is 17.2. The van der Waals surface area contributed by atoms with E-state index in [0.29, 0.717) is 19.5 Å². The summed E-state index contributed by atoms with van der Waals surface area (Å²) in [6.45, 7) is 7.33. The fourth-order valence-electron chi connectivity index (χ4n) is 3.60. The van der Waals surface area contributed by atoms with Crippen LogP contribution in [0.1, 0.15) is 23.7 Å². The molecule has 0 radical (unpaired) electrons. The van der Waals surface area contributed by atoms with Crippen LogP contribution in [-0.4, -0.2) is 22.0 Å². The molecule has 4 rings (SSSR count). The first-order chi connectivity index (χ1) is 12.5. The van der Waals surface area contributed by atoms with Gasteiger partial charge in [-0.25, -0.2) is 4.98 Å². The molecule has 3 aromatic rings. The molecule has 1 aromatic heterocycles. The van der Waals surface area contributed by atoms with Crippen LogP contribution in [0.4, 0.5) is 5.69 Å². The lowest BCUT2D eigenvalue weighted by atomic mass is 10.1. The Labute approximate surface area is 161 Å². The number of nitrogens with zero attached hydrogens (tertiary/aromatic N) is 3. The second-order valence-electron chi connectivity index (χ2n) is 6.80. The van der Waals surface area contributed by atoms with E-state index in [1.54, 1.807) is 0 Å². The molecule has 4 nitrogen and oxygen atoms in total. The molecule has 0 saturated carbocycles. The molecule has 2 aromatic carbocycles. The van der Waals surface area contributed by atoms with Gasteiger partial charge in [-0.15, -0.1) is 0 Å². The van der Waals surface area contributed by atoms with Gasteiger partial charge in [0.2, 0.25) is 5.91 Å². The molecular weight excluding hydrogens is 390 g/mol. The van der Waals surface area contributed by atoms with Crippen LogP contribution in [0, 0.1) is 6.92 Å². The van der Waals surface area contributed by atoms with Gasteiger partial charge in [0.25, 0.3) is 0 Å². The monoisotopic (exact) mass is 409 g/mol. The number of fused-ring (bicyclic) bond motifs is 1. The third kappa shape index (κ3) is 3.07. The fourth-order valence-corrected chi connectivity index (χ4v) is 3.85. The lowest BCUT2D eigenvalue weighted by molar-refractivity contribution is -0.117. The highest BCUT2D eigenvalue weighted by molar-refractivity contribution is 9.11. The Kier molecular flexibility index (Phi) is 4.41. The smallest absolute Gasteiger partial charge is 0.227 e. The number of allylic oxidation sites excluding steroid dienone is 1. The first-order valence-electron chi connectivity index (χ1n) is 8.68. The third-order valence-electron chi connectivity index (χ3n) is 4.85. The fraction of sp³-hybridized carbons (Fsp3) is 0.238. The van der Waals surface area contributed by atoms with Gasteiger partial charge in [0.1, 0.15) is 5.82 Å². The van der Waals surface area contributed by atoms with E-state index in [2.05, 4.69) is 33.1 Å². The van der Waals surface area contributed by atoms with Crippen molar-refractivity contribution in [2.24, 2.45) is 0 Å². The zero-order valence-electron chi connectivity index (χ0n) is 14.7. The predicted octanol–water partition coefficient (Wildman–Crippen LogP) is 4.77. The van der Waals surface area contributed by atoms with Crippen molar-refractivity contribution in [1.82, 2.24) is 9.55 Å². The van der Waals surface area contributed by atoms with Gasteiger partial charge in [-0.1, -0.05) is 52.3 Å². The summed E-state index contributed by atoms with van der Waals surface area (Å²) in [5.74, 6) is 1.17. The van der Waals surface area contributed by atoms with Crippen molar-refractivity contribution >= 4 is 38.6 Å². The Hall–Kier alpha value is -2.40. The Morgan fingerprint density at radius 2 is 1.96 bits per heavy atom. The number of hydrogen-bond donors (Lipinski definition) is 0. The summed E-state index contributed by atoms with van der Waals surface area (Å²) in [4.78, 5) is 19.4. The molecule has 26 heavy (non-hydrogen) atoms. The van der Waals surface area contributed by atoms with Crippen LogP contribution in [0.25, 0.3) is 11.0 Å². The van der Waals surface area contributed by atoms with Crippen LogP contribution in [0.5, 0.6) is 0 Å². The minimum atomic E-state index is 0.0723. The molecule has 1 saturated heterocycles. The highest BCUT2D eigenvalue weighted by Gasteiger charge is 2.34. The Bertz CT molecular complexity index is 990. The number of halogens is 1. The standard InChI is InChI=1S/C21H20BrN3O/c1-14-7-9-17(10-8-14)24-13-16(11-20(24)26)21-23-18-5-3-4-6-19(18)25(21)12-15(2)22/h3-10,16H,2,11-13H2,1H3/t16-/m1/s1. The van der Waals surface area contributed by atoms with E-state index >= 15 is 0 Å². The van der Waals surface area contributed by atoms with E-state index in [1.807, 2.05) is 54.3 Å². The maximum atomic E-state index is 12.7. The first-order valence-corrected chi connectivity index (χ1v) is 9.47. The number of carbonyl (C=O) groups is 1. The van der Waals surface area contributed by atoms with Crippen molar-refractivity contribution in [3.05, 3.63) is 71.0 Å². The van der Waals surface area contributed by atoms with Gasteiger partial charge < -0.3 is 9.47 Å². The number of imidazole rings is 1. The van der Waals surface area contributed by atoms with E-state index in [9.17, 15) is 4.79 Å². The van der Waals surface area contributed by atoms with E-state index in [0.717, 1.165) is 27.0 Å². The zero-order valence-corrected chi connectivity index (χ0v) is 16.2. The molecular formula is C21H20BrN3O. The molecule has 1 aliphatic rings. The van der Waals surface area contributed by atoms with Crippen LogP contribution in [0.2, 0.25) is 0 Å². The van der Waals surface area contributed by atoms with Crippen molar-refractivity contribution in [3.8, 4) is 0 Å². The Morgan fingerprint density at radius 1 is 1.23 bits per heavy atom. The average Bonchev–Trinajstić information content (AvgIpc) is 3.16. The van der Waals surface area contributed by atoms with E-state index in [-0.39, 0.29) is 11.8 Å². The van der Waals surface area contributed by atoms with Gasteiger partial charge in [0.05, 0.1) is 17.6 Å². The van der Waals surface area contributed by atoms with E-state index < -0.39 is 0 Å². The SMILES string of the molecule is C=C(Br)Cn1c([C@@H]2CC(=O)N(c3ccc(C)cc3)C2)nc2ccccc21. The minimum Gasteiger partial charge on any atom is -0.323 e. The molecule has 1 atom stereocenters. The number of rotatable bonds is 4. The van der Waals surface area contributed by atoms with Gasteiger partial charge in [-0.05, 0) is 31.2 Å². The maximum Gasteiger partial charge on any atom is 0.227 e. The Balaban J connectivity index is 1.71. The van der Waals surface area contributed by atoms with Crippen LogP contribution < -0.4 is 4.90 Å². The van der Waals surface area contributed by atoms with E-state index in [1.165, 1.54) is 5.56 Å². The Morgan fingerprint density at radius 3 is 2.69 bits per heavy atom. The van der Waals surface area contributed by atoms with Crippen LogP contribution >= 0.6 is 15.9 Å². The predicted molar refractivity (Wildman–Crippen MR) is 109 cm³/mol. The van der Waals surface area contributed by atoms with Crippen LogP contribution in [-0.2, 0) is 11.3 Å². The highest BCUT2D eigenvalue weighted by Crippen LogP contribution is 2.33. The van der Waals surface area contributed by atoms with Crippen molar-refractivity contribution in [3.63, 3.8) is 0 Å². The quantitative estimate of drug-likeness (QED) is 0.621. The molecule has 0 N–H and O–H groups in total. The van der Waals surface area contributed by atoms with Gasteiger partial charge in [0, 0.05) is 29.1 Å². The number of anilines is 1. The molecule has 0 bridgehead atoms. The molecule has 1 aliphatic heterocycles. The number of aryl methyl sites for hydroxylation is 1. The molecule has 0 aliphatic carbocycles. The summed E-state index contributed by atoms with van der Waals surface area (Å²) < 4.78 is 3.06. The summed E-state index contributed by atoms with van der Waals surface area (Å²) in [5, 5.41) is 0. The summed E-state index contributed by atoms with van der Waals surface area (Å²) >= 11 is 3.47. The highest BCUT2D eigenvalue weighted by atomic mass is 79.9. The van der Waals surface area contributed by atoms with Crippen LogP contribution in [0.3, 0.4) is 0 Å². The van der Waals surface area contributed by atoms with E-state index in [4.69, 9.17) is 4.98 Å². The van der Waals surface area contributed by atoms with Crippen molar-refractivity contribution in [2.45, 2.75) is 25.8 Å². The molecule has 1 fully saturated rings. The number of benzene rings is 2. The summed E-state index contributed by atoms with van der Waals surface area (Å²) in [6, 6.07) is 16.2. The second kappa shape index (κ2) is 6.72. The molecule has 0 unspecified atom stereocenters. The molecule has 5 heteroatoms. The van der Waals surface area contributed by atoms with Crippen molar-refractivity contribution in [1.29, 1.82) is 0 Å². The number of hydrogen-bond acceptors (Lipinski definition) is 2. The van der Waals surface area contributed by atoms with Gasteiger partial charge >= 0.3 is 0 Å². The van der Waals surface area contributed by atoms with Crippen molar-refractivity contribution in [2.75, 3.05) is 11.4 Å². The topological polar surface area (TPSA) is 38.1 Å². The molecule has 2 heterocycles. The van der Waals surface area contributed by atoms with Gasteiger partial charge in [-0.3, -0.25) is 4.79 Å². The number of para-hydroxylation sites is 2. The summed E-state index contributed by atoms with van der Waals surface area (Å²) in [5.41, 5.74) is 4.17. The molecule has 132 valence electrons. The molecule has 0 spiro atoms. The lowest BCUT2D eigenvalue weighted by Gasteiger charge is -2.17. The third-order valence-corrected chi connectivity index (χ3v) is 5.10. The minimum absolute atomic E-state index is 0.0723. The van der Waals surface area contributed by atoms with Gasteiger partial charge in [-0.2, -0.15) is 0 Å². The lowest BCUT2D eigenvalue weighted by Crippen LogP contribution is -2.24. The number of carbonyl (C=O) groups excluding carboxylic acids is 1. The van der Waals surface area contributed by atoms with Crippen molar-refractivity contribution < 1.29 is 4.79 Å². The van der Waals surface area contributed by atoms with Gasteiger partial charge in [0.15, 0.2) is 0 Å². The zero-order chi connectivity index (χ0) is 18.3. The molecule has 1 amide bonds. The number of amides is 1. The van der Waals surface area contributed by atoms with Crippen LogP contribution in [0.15, 0.2) is 59.6 Å². The first kappa shape index (κ1) is 17.0. The maximum absolute atomic E-state index is 12.7. The largest absolute Gasteiger partial charge is 0.323 e. The second-order valence-corrected chi connectivity index (χ2v) is 7.92.